The number of rotatable bonds is 5. The van der Waals surface area contributed by atoms with E-state index in [9.17, 15) is 9.59 Å². The van der Waals surface area contributed by atoms with E-state index in [-0.39, 0.29) is 5.91 Å². The summed E-state index contributed by atoms with van der Waals surface area (Å²) in [7, 11) is 0. The highest BCUT2D eigenvalue weighted by atomic mass is 32.1. The van der Waals surface area contributed by atoms with Crippen molar-refractivity contribution in [1.29, 1.82) is 0 Å². The first-order valence-corrected chi connectivity index (χ1v) is 9.70. The highest BCUT2D eigenvalue weighted by molar-refractivity contribution is 7.16. The molecule has 27 heavy (non-hydrogen) atoms. The summed E-state index contributed by atoms with van der Waals surface area (Å²) in [4.78, 5) is 30.2. The molecule has 3 N–H and O–H groups in total. The van der Waals surface area contributed by atoms with Crippen molar-refractivity contribution < 1.29 is 14.0 Å². The van der Waals surface area contributed by atoms with Crippen LogP contribution >= 0.6 is 11.3 Å². The van der Waals surface area contributed by atoms with Gasteiger partial charge in [-0.3, -0.25) is 14.9 Å². The van der Waals surface area contributed by atoms with Crippen molar-refractivity contribution in [3.63, 3.8) is 0 Å². The number of nitrogens with one attached hydrogen (secondary N) is 1. The van der Waals surface area contributed by atoms with E-state index in [0.29, 0.717) is 39.8 Å². The minimum Gasteiger partial charge on any atom is -0.460 e. The summed E-state index contributed by atoms with van der Waals surface area (Å²) in [6.45, 7) is 1.91. The number of aryl methyl sites for hydroxylation is 3. The lowest BCUT2D eigenvalue weighted by atomic mass is 10.0. The first kappa shape index (κ1) is 17.5. The smallest absolute Gasteiger partial charge is 0.261 e. The van der Waals surface area contributed by atoms with E-state index in [1.807, 2.05) is 6.92 Å². The van der Waals surface area contributed by atoms with Crippen molar-refractivity contribution in [1.82, 2.24) is 4.98 Å². The van der Waals surface area contributed by atoms with E-state index >= 15 is 0 Å². The molecule has 0 atom stereocenters. The maximum absolute atomic E-state index is 12.8. The van der Waals surface area contributed by atoms with E-state index < -0.39 is 5.91 Å². The zero-order valence-corrected chi connectivity index (χ0v) is 15.7. The van der Waals surface area contributed by atoms with Crippen LogP contribution in [0.3, 0.4) is 0 Å². The molecule has 1 aromatic carbocycles. The van der Waals surface area contributed by atoms with Gasteiger partial charge in [0.05, 0.1) is 16.8 Å². The molecule has 1 aliphatic carbocycles. The highest BCUT2D eigenvalue weighted by Crippen LogP contribution is 2.32. The van der Waals surface area contributed by atoms with Crippen molar-refractivity contribution in [3.05, 3.63) is 57.8 Å². The second-order valence-corrected chi connectivity index (χ2v) is 7.49. The number of nitrogens with zero attached hydrogens (tertiary/aromatic N) is 1. The molecule has 0 bridgehead atoms. The molecule has 0 saturated heterocycles. The summed E-state index contributed by atoms with van der Waals surface area (Å²) in [5, 5.41) is 3.50. The molecule has 4 rings (SSSR count). The maximum Gasteiger partial charge on any atom is 0.261 e. The first-order chi connectivity index (χ1) is 13.1. The van der Waals surface area contributed by atoms with Gasteiger partial charge in [0.15, 0.2) is 5.13 Å². The Bertz CT molecular complexity index is 1010. The third-order valence-corrected chi connectivity index (χ3v) is 5.72. The maximum atomic E-state index is 12.8. The Kier molecular flexibility index (Phi) is 4.53. The molecule has 0 spiro atoms. The van der Waals surface area contributed by atoms with Crippen molar-refractivity contribution >= 4 is 28.3 Å². The Morgan fingerprint density at radius 3 is 2.81 bits per heavy atom. The van der Waals surface area contributed by atoms with Crippen LogP contribution in [0.4, 0.5) is 5.13 Å². The monoisotopic (exact) mass is 381 g/mol. The van der Waals surface area contributed by atoms with Crippen molar-refractivity contribution in [3.8, 4) is 11.3 Å². The summed E-state index contributed by atoms with van der Waals surface area (Å²) in [5.74, 6) is 0.216. The number of carbonyl (C=O) groups is 2. The van der Waals surface area contributed by atoms with Gasteiger partial charge in [-0.05, 0) is 31.4 Å². The summed E-state index contributed by atoms with van der Waals surface area (Å²) < 4.78 is 5.88. The van der Waals surface area contributed by atoms with E-state index in [1.54, 1.807) is 30.3 Å². The number of thiazole rings is 1. The molecular formula is C20H19N3O3S. The standard InChI is InChI=1S/C20H19N3O3S/c1-2-15-13(19(25)23-20-22-14-8-5-9-17(14)27-20)10-16(26-15)11-6-3-4-7-12(11)18(21)24/h3-4,6-7,10H,2,5,8-9H2,1H3,(H2,21,24)(H,22,23,25). The molecule has 6 nitrogen and oxygen atoms in total. The van der Waals surface area contributed by atoms with Crippen LogP contribution in [-0.2, 0) is 19.3 Å². The predicted octanol–water partition coefficient (Wildman–Crippen LogP) is 3.81. The Hall–Kier alpha value is -2.93. The van der Waals surface area contributed by atoms with Crippen LogP contribution in [0.25, 0.3) is 11.3 Å². The van der Waals surface area contributed by atoms with Gasteiger partial charge in [0, 0.05) is 16.9 Å². The molecule has 7 heteroatoms. The molecule has 1 aliphatic rings. The summed E-state index contributed by atoms with van der Waals surface area (Å²) >= 11 is 1.53. The second-order valence-electron chi connectivity index (χ2n) is 6.41. The molecule has 0 fully saturated rings. The lowest BCUT2D eigenvalue weighted by Crippen LogP contribution is -2.13. The number of aromatic nitrogens is 1. The number of hydrogen-bond acceptors (Lipinski definition) is 5. The zero-order valence-electron chi connectivity index (χ0n) is 14.9. The van der Waals surface area contributed by atoms with Crippen LogP contribution < -0.4 is 11.1 Å². The number of fused-ring (bicyclic) bond motifs is 1. The Balaban J connectivity index is 1.65. The summed E-state index contributed by atoms with van der Waals surface area (Å²) in [6.07, 6.45) is 3.69. The summed E-state index contributed by atoms with van der Waals surface area (Å²) in [5.41, 5.74) is 7.93. The largest absolute Gasteiger partial charge is 0.460 e. The molecule has 0 saturated carbocycles. The molecule has 0 aliphatic heterocycles. The summed E-state index contributed by atoms with van der Waals surface area (Å²) in [6, 6.07) is 8.60. The molecule has 2 amide bonds. The normalized spacial score (nSPS) is 12.8. The number of primary amides is 1. The van der Waals surface area contributed by atoms with Gasteiger partial charge in [-0.25, -0.2) is 4.98 Å². The minimum absolute atomic E-state index is 0.258. The highest BCUT2D eigenvalue weighted by Gasteiger charge is 2.22. The third-order valence-electron chi connectivity index (χ3n) is 4.65. The van der Waals surface area contributed by atoms with Gasteiger partial charge in [0.25, 0.3) is 5.91 Å². The van der Waals surface area contributed by atoms with Crippen LogP contribution in [-0.4, -0.2) is 16.8 Å². The average molecular weight is 381 g/mol. The first-order valence-electron chi connectivity index (χ1n) is 8.88. The number of carbonyl (C=O) groups excluding carboxylic acids is 2. The van der Waals surface area contributed by atoms with E-state index in [1.165, 1.54) is 16.2 Å². The van der Waals surface area contributed by atoms with Gasteiger partial charge in [0.2, 0.25) is 5.91 Å². The zero-order chi connectivity index (χ0) is 19.0. The molecule has 2 aromatic heterocycles. The fourth-order valence-electron chi connectivity index (χ4n) is 3.34. The van der Waals surface area contributed by atoms with Gasteiger partial charge in [0.1, 0.15) is 11.5 Å². The van der Waals surface area contributed by atoms with Crippen LogP contribution in [0.15, 0.2) is 34.7 Å². The molecule has 2 heterocycles. The van der Waals surface area contributed by atoms with Gasteiger partial charge in [-0.15, -0.1) is 11.3 Å². The lowest BCUT2D eigenvalue weighted by Gasteiger charge is -2.02. The van der Waals surface area contributed by atoms with Gasteiger partial charge < -0.3 is 10.2 Å². The van der Waals surface area contributed by atoms with E-state index in [0.717, 1.165) is 25.0 Å². The second kappa shape index (κ2) is 7.00. The Morgan fingerprint density at radius 2 is 2.07 bits per heavy atom. The fraction of sp³-hybridized carbons (Fsp3) is 0.250. The van der Waals surface area contributed by atoms with E-state index in [4.69, 9.17) is 10.2 Å². The molecular weight excluding hydrogens is 362 g/mol. The van der Waals surface area contributed by atoms with Crippen LogP contribution in [0.2, 0.25) is 0 Å². The Labute approximate surface area is 160 Å². The fourth-order valence-corrected chi connectivity index (χ4v) is 4.38. The molecule has 0 radical (unpaired) electrons. The van der Waals surface area contributed by atoms with Crippen molar-refractivity contribution in [2.45, 2.75) is 32.6 Å². The number of anilines is 1. The number of hydrogen-bond donors (Lipinski definition) is 2. The minimum atomic E-state index is -0.539. The molecule has 0 unspecified atom stereocenters. The van der Waals surface area contributed by atoms with Gasteiger partial charge in [-0.1, -0.05) is 25.1 Å². The van der Waals surface area contributed by atoms with Crippen LogP contribution in [0.1, 0.15) is 50.4 Å². The quantitative estimate of drug-likeness (QED) is 0.702. The third kappa shape index (κ3) is 3.26. The number of benzene rings is 1. The van der Waals surface area contributed by atoms with Crippen molar-refractivity contribution in [2.24, 2.45) is 5.73 Å². The number of amides is 2. The SMILES string of the molecule is CCc1oc(-c2ccccc2C(N)=O)cc1C(=O)Nc1nc2c(s1)CCC2. The predicted molar refractivity (Wildman–Crippen MR) is 104 cm³/mol. The lowest BCUT2D eigenvalue weighted by molar-refractivity contribution is 0.0997. The average Bonchev–Trinajstić information content (AvgIpc) is 3.35. The topological polar surface area (TPSA) is 98.2 Å². The number of furan rings is 1. The van der Waals surface area contributed by atoms with Crippen LogP contribution in [0.5, 0.6) is 0 Å². The Morgan fingerprint density at radius 1 is 1.26 bits per heavy atom. The van der Waals surface area contributed by atoms with Gasteiger partial charge >= 0.3 is 0 Å². The molecule has 138 valence electrons. The van der Waals surface area contributed by atoms with Crippen molar-refractivity contribution in [2.75, 3.05) is 5.32 Å². The van der Waals surface area contributed by atoms with Gasteiger partial charge in [-0.2, -0.15) is 0 Å². The molecule has 3 aromatic rings. The number of nitrogens with two attached hydrogens (primary N) is 1. The van der Waals surface area contributed by atoms with Crippen LogP contribution in [0, 0.1) is 0 Å². The van der Waals surface area contributed by atoms with E-state index in [2.05, 4.69) is 10.3 Å².